The van der Waals surface area contributed by atoms with Gasteiger partial charge in [-0.2, -0.15) is 5.26 Å². The maximum absolute atomic E-state index is 11.2. The van der Waals surface area contributed by atoms with Gasteiger partial charge in [0.05, 0.1) is 30.3 Å². The fourth-order valence-electron chi connectivity index (χ4n) is 7.83. The van der Waals surface area contributed by atoms with E-state index in [9.17, 15) is 15.5 Å². The molecule has 4 heteroatoms. The summed E-state index contributed by atoms with van der Waals surface area (Å²) in [5.41, 5.74) is 0.0155. The third kappa shape index (κ3) is 2.35. The molecule has 0 spiro atoms. The number of aliphatic hydroxyl groups excluding tert-OH is 2. The summed E-state index contributed by atoms with van der Waals surface area (Å²) in [5.74, 6) is 1.94. The molecule has 4 saturated carbocycles. The van der Waals surface area contributed by atoms with E-state index in [1.165, 1.54) is 0 Å². The highest BCUT2D eigenvalue weighted by Gasteiger charge is 2.64. The number of aliphatic hydroxyl groups is 2. The van der Waals surface area contributed by atoms with E-state index in [1.54, 1.807) is 7.11 Å². The maximum atomic E-state index is 11.2. The van der Waals surface area contributed by atoms with Gasteiger partial charge in [0.2, 0.25) is 0 Å². The first-order valence-corrected chi connectivity index (χ1v) is 10.1. The third-order valence-corrected chi connectivity index (χ3v) is 9.05. The van der Waals surface area contributed by atoms with Crippen LogP contribution in [0, 0.1) is 51.8 Å². The number of rotatable bonds is 1. The largest absolute Gasteiger partial charge is 0.393 e. The molecule has 4 nitrogen and oxygen atoms in total. The molecule has 0 amide bonds. The van der Waals surface area contributed by atoms with Gasteiger partial charge in [0.25, 0.3) is 0 Å². The summed E-state index contributed by atoms with van der Waals surface area (Å²) >= 11 is 0. The Balaban J connectivity index is 1.68. The molecule has 0 aromatic heterocycles. The van der Waals surface area contributed by atoms with Crippen LogP contribution in [0.5, 0.6) is 0 Å². The number of fused-ring (bicyclic) bond motifs is 5. The van der Waals surface area contributed by atoms with Crippen LogP contribution < -0.4 is 0 Å². The lowest BCUT2D eigenvalue weighted by molar-refractivity contribution is -0.198. The average Bonchev–Trinajstić information content (AvgIpc) is 2.90. The summed E-state index contributed by atoms with van der Waals surface area (Å²) in [6.45, 7) is 4.60. The maximum Gasteiger partial charge on any atom is 0.0835 e. The van der Waals surface area contributed by atoms with E-state index in [1.807, 2.05) is 0 Å². The Morgan fingerprint density at radius 3 is 2.44 bits per heavy atom. The Morgan fingerprint density at radius 1 is 1.00 bits per heavy atom. The molecule has 140 valence electrons. The molecular formula is C21H33NO3. The molecule has 0 radical (unpaired) electrons. The summed E-state index contributed by atoms with van der Waals surface area (Å²) in [6.07, 6.45) is 6.00. The molecule has 0 saturated heterocycles. The Bertz CT molecular complexity index is 574. The molecule has 0 aliphatic heterocycles. The Labute approximate surface area is 151 Å². The van der Waals surface area contributed by atoms with Gasteiger partial charge in [-0.15, -0.1) is 0 Å². The Kier molecular flexibility index (Phi) is 4.22. The molecule has 4 aliphatic rings. The van der Waals surface area contributed by atoms with Gasteiger partial charge in [0.1, 0.15) is 0 Å². The molecule has 10 atom stereocenters. The Morgan fingerprint density at radius 2 is 1.76 bits per heavy atom. The van der Waals surface area contributed by atoms with E-state index >= 15 is 0 Å². The number of hydrogen-bond donors (Lipinski definition) is 2. The van der Waals surface area contributed by atoms with Gasteiger partial charge in [-0.1, -0.05) is 13.8 Å². The summed E-state index contributed by atoms with van der Waals surface area (Å²) in [7, 11) is 1.70. The van der Waals surface area contributed by atoms with E-state index in [2.05, 4.69) is 19.9 Å². The molecule has 4 fully saturated rings. The van der Waals surface area contributed by atoms with Gasteiger partial charge in [0.15, 0.2) is 0 Å². The highest BCUT2D eigenvalue weighted by Crippen LogP contribution is 2.67. The highest BCUT2D eigenvalue weighted by atomic mass is 16.5. The van der Waals surface area contributed by atoms with Crippen molar-refractivity contribution < 1.29 is 14.9 Å². The van der Waals surface area contributed by atoms with Gasteiger partial charge >= 0.3 is 0 Å². The molecule has 1 unspecified atom stereocenters. The van der Waals surface area contributed by atoms with Crippen LogP contribution in [0.2, 0.25) is 0 Å². The smallest absolute Gasteiger partial charge is 0.0835 e. The van der Waals surface area contributed by atoms with Crippen LogP contribution in [0.15, 0.2) is 0 Å². The van der Waals surface area contributed by atoms with Crippen LogP contribution in [0.3, 0.4) is 0 Å². The second-order valence-corrected chi connectivity index (χ2v) is 9.89. The fraction of sp³-hybridized carbons (Fsp3) is 0.952. The van der Waals surface area contributed by atoms with Crippen LogP contribution in [-0.2, 0) is 4.74 Å². The van der Waals surface area contributed by atoms with E-state index in [-0.39, 0.29) is 41.0 Å². The van der Waals surface area contributed by atoms with Gasteiger partial charge < -0.3 is 14.9 Å². The summed E-state index contributed by atoms with van der Waals surface area (Å²) in [5, 5.41) is 31.3. The van der Waals surface area contributed by atoms with E-state index < -0.39 is 0 Å². The first-order valence-electron chi connectivity index (χ1n) is 10.1. The first-order chi connectivity index (χ1) is 11.8. The summed E-state index contributed by atoms with van der Waals surface area (Å²) < 4.78 is 5.60. The normalized spacial score (nSPS) is 57.9. The van der Waals surface area contributed by atoms with Gasteiger partial charge in [-0.05, 0) is 79.4 Å². The minimum atomic E-state index is -0.375. The van der Waals surface area contributed by atoms with Crippen LogP contribution in [0.25, 0.3) is 0 Å². The number of ether oxygens (including phenoxy) is 1. The van der Waals surface area contributed by atoms with Crippen molar-refractivity contribution in [2.24, 2.45) is 40.4 Å². The van der Waals surface area contributed by atoms with Crippen molar-refractivity contribution in [3.05, 3.63) is 0 Å². The molecule has 0 heterocycles. The molecule has 0 aromatic rings. The van der Waals surface area contributed by atoms with Crippen LogP contribution >= 0.6 is 0 Å². The van der Waals surface area contributed by atoms with Gasteiger partial charge in [-0.3, -0.25) is 0 Å². The third-order valence-electron chi connectivity index (χ3n) is 9.05. The number of hydrogen-bond acceptors (Lipinski definition) is 4. The van der Waals surface area contributed by atoms with Crippen molar-refractivity contribution in [1.29, 1.82) is 5.26 Å². The zero-order valence-corrected chi connectivity index (χ0v) is 15.8. The fourth-order valence-corrected chi connectivity index (χ4v) is 7.83. The minimum absolute atomic E-state index is 0.0205. The summed E-state index contributed by atoms with van der Waals surface area (Å²) in [4.78, 5) is 0. The lowest BCUT2D eigenvalue weighted by Gasteiger charge is -2.62. The SMILES string of the molecule is CO[C@H]1C[C@]2(C)C3[C@@H](CC[C@H]2C[C@@H]1O)[C@@H]1CC[C@H](C#N)[C@@]1(C)C[C@@H]3O. The predicted molar refractivity (Wildman–Crippen MR) is 94.4 cm³/mol. The monoisotopic (exact) mass is 347 g/mol. The number of methoxy groups -OCH3 is 1. The zero-order valence-electron chi connectivity index (χ0n) is 15.8. The summed E-state index contributed by atoms with van der Waals surface area (Å²) in [6, 6.07) is 2.54. The topological polar surface area (TPSA) is 73.5 Å². The van der Waals surface area contributed by atoms with Crippen LogP contribution in [-0.4, -0.2) is 35.6 Å². The van der Waals surface area contributed by atoms with Crippen molar-refractivity contribution >= 4 is 0 Å². The standard InChI is InChI=1S/C21H33NO3/c1-20-9-17(24)19-14(15(20)7-5-13(20)11-22)6-4-12-8-16(23)18(25-3)10-21(12,19)2/h12-19,23-24H,4-10H2,1-3H3/t12-,13+,14-,15-,16-,17-,18-,19?,20+,21-/m0/s1. The van der Waals surface area contributed by atoms with E-state index in [0.717, 1.165) is 44.9 Å². The van der Waals surface area contributed by atoms with Crippen LogP contribution in [0.1, 0.15) is 58.8 Å². The van der Waals surface area contributed by atoms with Crippen molar-refractivity contribution in [3.8, 4) is 6.07 Å². The average molecular weight is 347 g/mol. The molecule has 2 N–H and O–H groups in total. The number of nitrogens with zero attached hydrogens (tertiary/aromatic N) is 1. The highest BCUT2D eigenvalue weighted by molar-refractivity contribution is 5.15. The second-order valence-electron chi connectivity index (χ2n) is 9.89. The van der Waals surface area contributed by atoms with Crippen molar-refractivity contribution in [2.75, 3.05) is 7.11 Å². The second kappa shape index (κ2) is 5.94. The van der Waals surface area contributed by atoms with Gasteiger partial charge in [0, 0.05) is 7.11 Å². The van der Waals surface area contributed by atoms with Crippen molar-refractivity contribution in [3.63, 3.8) is 0 Å². The molecule has 0 bridgehead atoms. The van der Waals surface area contributed by atoms with Crippen LogP contribution in [0.4, 0.5) is 0 Å². The molecule has 4 rings (SSSR count). The molecule has 25 heavy (non-hydrogen) atoms. The lowest BCUT2D eigenvalue weighted by atomic mass is 9.43. The Hall–Kier alpha value is -0.630. The predicted octanol–water partition coefficient (Wildman–Crippen LogP) is 3.13. The van der Waals surface area contributed by atoms with Crippen molar-refractivity contribution in [2.45, 2.75) is 77.1 Å². The number of nitriles is 1. The van der Waals surface area contributed by atoms with Gasteiger partial charge in [-0.25, -0.2) is 0 Å². The molecule has 0 aromatic carbocycles. The van der Waals surface area contributed by atoms with E-state index in [4.69, 9.17) is 4.74 Å². The molecule has 4 aliphatic carbocycles. The van der Waals surface area contributed by atoms with E-state index in [0.29, 0.717) is 17.8 Å². The minimum Gasteiger partial charge on any atom is -0.393 e. The molecular weight excluding hydrogens is 314 g/mol. The lowest BCUT2D eigenvalue weighted by Crippen LogP contribution is -2.61. The quantitative estimate of drug-likeness (QED) is 0.764. The first kappa shape index (κ1) is 17.8. The zero-order chi connectivity index (χ0) is 18.0. The van der Waals surface area contributed by atoms with Crippen molar-refractivity contribution in [1.82, 2.24) is 0 Å².